The highest BCUT2D eigenvalue weighted by molar-refractivity contribution is 5.20. The van der Waals surface area contributed by atoms with E-state index in [9.17, 15) is 0 Å². The fourth-order valence-corrected chi connectivity index (χ4v) is 4.79. The molecule has 2 fully saturated rings. The molecule has 5 unspecified atom stereocenters. The minimum atomic E-state index is 0.850. The van der Waals surface area contributed by atoms with Gasteiger partial charge in [-0.25, -0.2) is 0 Å². The number of nitrogens with zero attached hydrogens (tertiary/aromatic N) is 1. The first-order valence-corrected chi connectivity index (χ1v) is 7.77. The van der Waals surface area contributed by atoms with Crippen molar-refractivity contribution in [3.8, 4) is 0 Å². The Bertz CT molecular complexity index is 342. The predicted octanol–water partition coefficient (Wildman–Crippen LogP) is 3.73. The van der Waals surface area contributed by atoms with Crippen LogP contribution in [0.4, 0.5) is 0 Å². The van der Waals surface area contributed by atoms with Crippen molar-refractivity contribution in [1.29, 1.82) is 0 Å². The van der Waals surface area contributed by atoms with Gasteiger partial charge in [0.25, 0.3) is 0 Å². The maximum Gasteiger partial charge on any atom is -0.00219 e. The number of hydrogen-bond donors (Lipinski definition) is 0. The smallest absolute Gasteiger partial charge is 0.00219 e. The van der Waals surface area contributed by atoms with Gasteiger partial charge in [0.15, 0.2) is 0 Å². The fraction of sp³-hybridized carbons (Fsp3) is 0.765. The molecule has 1 nitrogen and oxygen atoms in total. The molecule has 0 amide bonds. The normalized spacial score (nSPS) is 42.1. The molecule has 0 spiro atoms. The van der Waals surface area contributed by atoms with Crippen molar-refractivity contribution in [3.63, 3.8) is 0 Å². The van der Waals surface area contributed by atoms with E-state index in [0.717, 1.165) is 29.6 Å². The summed E-state index contributed by atoms with van der Waals surface area (Å²) >= 11 is 0. The van der Waals surface area contributed by atoms with Gasteiger partial charge in [0.2, 0.25) is 0 Å². The minimum absolute atomic E-state index is 0.850. The number of fused-ring (bicyclic) bond motifs is 3. The standard InChI is InChI=1S/C17H27N/c1-18(2)12-11-17-15-9-5-3-7-13(15)14-8-4-6-10-16(14)17/h3,5,7,9,13-17H,4,6,8,10-12H2,1-2H3. The molecule has 0 aromatic heterocycles. The van der Waals surface area contributed by atoms with Gasteiger partial charge in [-0.2, -0.15) is 0 Å². The Labute approximate surface area is 112 Å². The molecule has 100 valence electrons. The van der Waals surface area contributed by atoms with Crippen LogP contribution in [-0.4, -0.2) is 25.5 Å². The molecule has 5 atom stereocenters. The molecule has 0 bridgehead atoms. The Kier molecular flexibility index (Phi) is 3.61. The average molecular weight is 245 g/mol. The highest BCUT2D eigenvalue weighted by Gasteiger charge is 2.48. The van der Waals surface area contributed by atoms with E-state index in [-0.39, 0.29) is 0 Å². The van der Waals surface area contributed by atoms with Crippen LogP contribution in [0.1, 0.15) is 32.1 Å². The van der Waals surface area contributed by atoms with Crippen molar-refractivity contribution in [2.24, 2.45) is 29.6 Å². The highest BCUT2D eigenvalue weighted by atomic mass is 15.0. The van der Waals surface area contributed by atoms with Crippen LogP contribution in [0.25, 0.3) is 0 Å². The molecule has 18 heavy (non-hydrogen) atoms. The van der Waals surface area contributed by atoms with Gasteiger partial charge in [-0.05, 0) is 69.5 Å². The summed E-state index contributed by atoms with van der Waals surface area (Å²) in [5.41, 5.74) is 0. The Balaban J connectivity index is 1.77. The summed E-state index contributed by atoms with van der Waals surface area (Å²) in [5, 5.41) is 0. The zero-order valence-corrected chi connectivity index (χ0v) is 11.9. The maximum atomic E-state index is 2.52. The summed E-state index contributed by atoms with van der Waals surface area (Å²) in [5.74, 6) is 4.68. The molecule has 0 aromatic carbocycles. The van der Waals surface area contributed by atoms with Crippen LogP contribution in [0.2, 0.25) is 0 Å². The van der Waals surface area contributed by atoms with Gasteiger partial charge in [0.1, 0.15) is 0 Å². The van der Waals surface area contributed by atoms with E-state index >= 15 is 0 Å². The SMILES string of the molecule is CN(C)CCC1C2C=CC=CC2C2CCCCC21. The third-order valence-corrected chi connectivity index (χ3v) is 5.55. The van der Waals surface area contributed by atoms with Gasteiger partial charge in [0, 0.05) is 0 Å². The average Bonchev–Trinajstić information content (AvgIpc) is 2.71. The van der Waals surface area contributed by atoms with Crippen molar-refractivity contribution < 1.29 is 0 Å². The largest absolute Gasteiger partial charge is 0.309 e. The van der Waals surface area contributed by atoms with E-state index in [4.69, 9.17) is 0 Å². The molecule has 1 heteroatoms. The van der Waals surface area contributed by atoms with Crippen LogP contribution < -0.4 is 0 Å². The predicted molar refractivity (Wildman–Crippen MR) is 77.4 cm³/mol. The van der Waals surface area contributed by atoms with Gasteiger partial charge in [0.05, 0.1) is 0 Å². The second-order valence-electron chi connectivity index (χ2n) is 6.79. The lowest BCUT2D eigenvalue weighted by Crippen LogP contribution is -2.24. The molecule has 2 saturated carbocycles. The van der Waals surface area contributed by atoms with E-state index in [0.29, 0.717) is 0 Å². The Morgan fingerprint density at radius 1 is 0.944 bits per heavy atom. The van der Waals surface area contributed by atoms with Crippen LogP contribution >= 0.6 is 0 Å². The lowest BCUT2D eigenvalue weighted by atomic mass is 9.75. The molecule has 0 N–H and O–H groups in total. The lowest BCUT2D eigenvalue weighted by Gasteiger charge is -2.31. The fourth-order valence-electron chi connectivity index (χ4n) is 4.79. The Morgan fingerprint density at radius 3 is 2.33 bits per heavy atom. The summed E-state index contributed by atoms with van der Waals surface area (Å²) in [6.07, 6.45) is 17.0. The van der Waals surface area contributed by atoms with E-state index in [1.165, 1.54) is 38.6 Å². The third kappa shape index (κ3) is 2.18. The summed E-state index contributed by atoms with van der Waals surface area (Å²) in [4.78, 5) is 2.35. The van der Waals surface area contributed by atoms with Crippen LogP contribution in [-0.2, 0) is 0 Å². The molecule has 0 radical (unpaired) electrons. The quantitative estimate of drug-likeness (QED) is 0.732. The third-order valence-electron chi connectivity index (χ3n) is 5.55. The van der Waals surface area contributed by atoms with E-state index in [1.807, 2.05) is 0 Å². The summed E-state index contributed by atoms with van der Waals surface area (Å²) in [7, 11) is 4.42. The summed E-state index contributed by atoms with van der Waals surface area (Å²) < 4.78 is 0. The van der Waals surface area contributed by atoms with Gasteiger partial charge >= 0.3 is 0 Å². The number of hydrogen-bond acceptors (Lipinski definition) is 1. The van der Waals surface area contributed by atoms with Crippen LogP contribution in [0.5, 0.6) is 0 Å². The van der Waals surface area contributed by atoms with Crippen molar-refractivity contribution in [2.45, 2.75) is 32.1 Å². The van der Waals surface area contributed by atoms with Gasteiger partial charge in [-0.3, -0.25) is 0 Å². The topological polar surface area (TPSA) is 3.24 Å². The first-order valence-electron chi connectivity index (χ1n) is 7.77. The molecule has 0 saturated heterocycles. The molecule has 3 rings (SSSR count). The van der Waals surface area contributed by atoms with Crippen molar-refractivity contribution in [3.05, 3.63) is 24.3 Å². The van der Waals surface area contributed by atoms with E-state index in [1.54, 1.807) is 0 Å². The van der Waals surface area contributed by atoms with Crippen molar-refractivity contribution >= 4 is 0 Å². The highest BCUT2D eigenvalue weighted by Crippen LogP contribution is 2.55. The second kappa shape index (κ2) is 5.21. The minimum Gasteiger partial charge on any atom is -0.309 e. The van der Waals surface area contributed by atoms with Crippen LogP contribution in [0, 0.1) is 29.6 Å². The van der Waals surface area contributed by atoms with Crippen molar-refractivity contribution in [2.75, 3.05) is 20.6 Å². The zero-order valence-electron chi connectivity index (χ0n) is 11.9. The zero-order chi connectivity index (χ0) is 12.5. The molecular weight excluding hydrogens is 218 g/mol. The molecule has 0 aromatic rings. The van der Waals surface area contributed by atoms with Gasteiger partial charge in [-0.15, -0.1) is 0 Å². The maximum absolute atomic E-state index is 2.52. The van der Waals surface area contributed by atoms with Crippen LogP contribution in [0.15, 0.2) is 24.3 Å². The summed E-state index contributed by atoms with van der Waals surface area (Å²) in [6, 6.07) is 0. The van der Waals surface area contributed by atoms with E-state index in [2.05, 4.69) is 43.3 Å². The summed E-state index contributed by atoms with van der Waals surface area (Å²) in [6.45, 7) is 1.26. The molecule has 3 aliphatic rings. The number of rotatable bonds is 3. The first kappa shape index (κ1) is 12.5. The molecule has 0 heterocycles. The van der Waals surface area contributed by atoms with Gasteiger partial charge < -0.3 is 4.90 Å². The monoisotopic (exact) mass is 245 g/mol. The Morgan fingerprint density at radius 2 is 1.61 bits per heavy atom. The molecular formula is C17H27N. The van der Waals surface area contributed by atoms with Gasteiger partial charge in [-0.1, -0.05) is 37.1 Å². The second-order valence-corrected chi connectivity index (χ2v) is 6.79. The first-order chi connectivity index (χ1) is 8.77. The van der Waals surface area contributed by atoms with Crippen LogP contribution in [0.3, 0.4) is 0 Å². The Hall–Kier alpha value is -0.560. The van der Waals surface area contributed by atoms with E-state index < -0.39 is 0 Å². The number of allylic oxidation sites excluding steroid dienone is 4. The molecule has 0 aliphatic heterocycles. The van der Waals surface area contributed by atoms with Crippen molar-refractivity contribution in [1.82, 2.24) is 4.90 Å². The lowest BCUT2D eigenvalue weighted by molar-refractivity contribution is 0.197. The molecule has 3 aliphatic carbocycles.